The fraction of sp³-hybridized carbons (Fsp3) is 0.143. The third-order valence-corrected chi connectivity index (χ3v) is 4.05. The fourth-order valence-electron chi connectivity index (χ4n) is 2.67. The molecule has 2 aromatic carbocycles. The number of hydrogen-bond acceptors (Lipinski definition) is 2. The quantitative estimate of drug-likeness (QED) is 0.674. The van der Waals surface area contributed by atoms with E-state index in [9.17, 15) is 9.59 Å². The Morgan fingerprint density at radius 1 is 0.875 bits per heavy atom. The number of nitrogens with zero attached hydrogens (tertiary/aromatic N) is 1. The van der Waals surface area contributed by atoms with Crippen LogP contribution in [-0.4, -0.2) is 10.4 Å². The number of pyridine rings is 1. The molecule has 0 bridgehead atoms. The predicted octanol–water partition coefficient (Wildman–Crippen LogP) is 3.63. The molecular weight excluding hydrogens is 298 g/mol. The van der Waals surface area contributed by atoms with Crippen molar-refractivity contribution in [3.63, 3.8) is 0 Å². The van der Waals surface area contributed by atoms with Gasteiger partial charge in [-0.05, 0) is 30.5 Å². The molecule has 0 aliphatic rings. The highest BCUT2D eigenvalue weighted by molar-refractivity contribution is 5.95. The molecule has 0 radical (unpaired) electrons. The van der Waals surface area contributed by atoms with Crippen LogP contribution in [0.4, 0.5) is 0 Å². The monoisotopic (exact) mass is 317 g/mol. The molecule has 1 heterocycles. The summed E-state index contributed by atoms with van der Waals surface area (Å²) in [5.41, 5.74) is 3.55. The van der Waals surface area contributed by atoms with Crippen molar-refractivity contribution < 1.29 is 4.79 Å². The van der Waals surface area contributed by atoms with Gasteiger partial charge in [-0.15, -0.1) is 0 Å². The summed E-state index contributed by atoms with van der Waals surface area (Å²) >= 11 is 0. The van der Waals surface area contributed by atoms with Crippen LogP contribution in [0.5, 0.6) is 0 Å². The topological polar surface area (TPSA) is 39.1 Å². The summed E-state index contributed by atoms with van der Waals surface area (Å²) < 4.78 is 1.45. The second kappa shape index (κ2) is 7.09. The van der Waals surface area contributed by atoms with Crippen molar-refractivity contribution in [2.24, 2.45) is 0 Å². The van der Waals surface area contributed by atoms with Crippen LogP contribution in [0.15, 0.2) is 77.7 Å². The van der Waals surface area contributed by atoms with E-state index in [1.165, 1.54) is 10.1 Å². The third kappa shape index (κ3) is 3.69. The first-order valence-electron chi connectivity index (χ1n) is 7.95. The second-order valence-electron chi connectivity index (χ2n) is 5.91. The molecule has 0 atom stereocenters. The maximum absolute atomic E-state index is 12.4. The number of ketones is 1. The molecule has 3 rings (SSSR count). The molecule has 0 aliphatic heterocycles. The average Bonchev–Trinajstić information content (AvgIpc) is 2.60. The first kappa shape index (κ1) is 15.9. The summed E-state index contributed by atoms with van der Waals surface area (Å²) in [7, 11) is 0. The third-order valence-electron chi connectivity index (χ3n) is 4.05. The number of hydrogen-bond donors (Lipinski definition) is 0. The van der Waals surface area contributed by atoms with Crippen LogP contribution in [0, 0.1) is 6.92 Å². The van der Waals surface area contributed by atoms with Gasteiger partial charge in [-0.1, -0.05) is 60.7 Å². The molecule has 3 nitrogen and oxygen atoms in total. The lowest BCUT2D eigenvalue weighted by Gasteiger charge is -2.07. The lowest BCUT2D eigenvalue weighted by molar-refractivity contribution is 0.0971. The van der Waals surface area contributed by atoms with E-state index in [0.29, 0.717) is 11.1 Å². The molecule has 120 valence electrons. The van der Waals surface area contributed by atoms with E-state index in [1.54, 1.807) is 25.3 Å². The molecule has 0 saturated heterocycles. The van der Waals surface area contributed by atoms with E-state index in [1.807, 2.05) is 42.5 Å². The Bertz CT molecular complexity index is 893. The van der Waals surface area contributed by atoms with Crippen molar-refractivity contribution in [1.29, 1.82) is 0 Å². The molecule has 0 aliphatic carbocycles. The molecule has 1 aromatic heterocycles. The highest BCUT2D eigenvalue weighted by atomic mass is 16.1. The van der Waals surface area contributed by atoms with Crippen molar-refractivity contribution in [1.82, 2.24) is 4.57 Å². The number of aryl methyl sites for hydroxylation is 1. The molecule has 3 aromatic rings. The summed E-state index contributed by atoms with van der Waals surface area (Å²) in [5.74, 6) is -0.0611. The number of carbonyl (C=O) groups is 1. The lowest BCUT2D eigenvalue weighted by Crippen LogP contribution is -2.25. The number of aromatic nitrogens is 1. The standard InChI is InChI=1S/C21H19NO2/c1-16-6-5-13-22(21(16)24)15-20(23)19-11-9-18(10-12-19)14-17-7-3-2-4-8-17/h2-13H,14-15H2,1H3. The Morgan fingerprint density at radius 3 is 2.25 bits per heavy atom. The maximum Gasteiger partial charge on any atom is 0.253 e. The Hall–Kier alpha value is -2.94. The number of rotatable bonds is 5. The predicted molar refractivity (Wildman–Crippen MR) is 95.5 cm³/mol. The van der Waals surface area contributed by atoms with Gasteiger partial charge in [0.1, 0.15) is 0 Å². The van der Waals surface area contributed by atoms with Crippen LogP contribution in [0.1, 0.15) is 27.0 Å². The Labute approximate surface area is 141 Å². The van der Waals surface area contributed by atoms with Crippen molar-refractivity contribution in [3.8, 4) is 0 Å². The molecule has 0 fully saturated rings. The molecule has 0 saturated carbocycles. The van der Waals surface area contributed by atoms with Gasteiger partial charge < -0.3 is 4.57 Å². The van der Waals surface area contributed by atoms with Crippen molar-refractivity contribution in [3.05, 3.63) is 106 Å². The van der Waals surface area contributed by atoms with Crippen molar-refractivity contribution >= 4 is 5.78 Å². The van der Waals surface area contributed by atoms with E-state index in [0.717, 1.165) is 12.0 Å². The van der Waals surface area contributed by atoms with Crippen LogP contribution in [0.3, 0.4) is 0 Å². The van der Waals surface area contributed by atoms with Gasteiger partial charge in [0.05, 0.1) is 6.54 Å². The van der Waals surface area contributed by atoms with E-state index < -0.39 is 0 Å². The zero-order valence-corrected chi connectivity index (χ0v) is 13.6. The minimum atomic E-state index is -0.119. The minimum Gasteiger partial charge on any atom is -0.308 e. The Balaban J connectivity index is 1.72. The first-order valence-corrected chi connectivity index (χ1v) is 7.95. The second-order valence-corrected chi connectivity index (χ2v) is 5.91. The minimum absolute atomic E-state index is 0.0611. The first-order chi connectivity index (χ1) is 11.6. The normalized spacial score (nSPS) is 10.5. The van der Waals surface area contributed by atoms with Gasteiger partial charge in [-0.3, -0.25) is 9.59 Å². The average molecular weight is 317 g/mol. The van der Waals surface area contributed by atoms with Crippen LogP contribution in [0.2, 0.25) is 0 Å². The molecule has 0 N–H and O–H groups in total. The molecule has 0 spiro atoms. The van der Waals surface area contributed by atoms with Gasteiger partial charge in [0.25, 0.3) is 5.56 Å². The smallest absolute Gasteiger partial charge is 0.253 e. The molecule has 24 heavy (non-hydrogen) atoms. The van der Waals surface area contributed by atoms with E-state index in [4.69, 9.17) is 0 Å². The van der Waals surface area contributed by atoms with Gasteiger partial charge in [0.2, 0.25) is 0 Å². The summed E-state index contributed by atoms with van der Waals surface area (Å²) in [6.45, 7) is 1.82. The van der Waals surface area contributed by atoms with Gasteiger partial charge in [0, 0.05) is 17.3 Å². The highest BCUT2D eigenvalue weighted by Crippen LogP contribution is 2.11. The molecule has 0 unspecified atom stereocenters. The summed E-state index contributed by atoms with van der Waals surface area (Å²) in [6.07, 6.45) is 2.49. The summed E-state index contributed by atoms with van der Waals surface area (Å²) in [6, 6.07) is 21.4. The lowest BCUT2D eigenvalue weighted by atomic mass is 10.0. The maximum atomic E-state index is 12.4. The zero-order chi connectivity index (χ0) is 16.9. The number of Topliss-reactive ketones (excluding diaryl/α,β-unsaturated/α-hetero) is 1. The zero-order valence-electron chi connectivity index (χ0n) is 13.6. The molecule has 3 heteroatoms. The fourth-order valence-corrected chi connectivity index (χ4v) is 2.67. The Morgan fingerprint density at radius 2 is 1.54 bits per heavy atom. The highest BCUT2D eigenvalue weighted by Gasteiger charge is 2.08. The molecular formula is C21H19NO2. The van der Waals surface area contributed by atoms with E-state index >= 15 is 0 Å². The Kier molecular flexibility index (Phi) is 4.71. The largest absolute Gasteiger partial charge is 0.308 e. The van der Waals surface area contributed by atoms with Crippen molar-refractivity contribution in [2.45, 2.75) is 19.9 Å². The van der Waals surface area contributed by atoms with Gasteiger partial charge >= 0.3 is 0 Å². The molecule has 0 amide bonds. The van der Waals surface area contributed by atoms with Crippen LogP contribution in [0.25, 0.3) is 0 Å². The van der Waals surface area contributed by atoms with Crippen molar-refractivity contribution in [2.75, 3.05) is 0 Å². The van der Waals surface area contributed by atoms with Crippen LogP contribution < -0.4 is 5.56 Å². The van der Waals surface area contributed by atoms with Gasteiger partial charge in [-0.25, -0.2) is 0 Å². The summed E-state index contributed by atoms with van der Waals surface area (Å²) in [5, 5.41) is 0. The van der Waals surface area contributed by atoms with E-state index in [-0.39, 0.29) is 17.9 Å². The SMILES string of the molecule is Cc1cccn(CC(=O)c2ccc(Cc3ccccc3)cc2)c1=O. The van der Waals surface area contributed by atoms with Gasteiger partial charge in [-0.2, -0.15) is 0 Å². The van der Waals surface area contributed by atoms with Gasteiger partial charge in [0.15, 0.2) is 5.78 Å². The van der Waals surface area contributed by atoms with Crippen LogP contribution >= 0.6 is 0 Å². The number of carbonyl (C=O) groups excluding carboxylic acids is 1. The number of benzene rings is 2. The van der Waals surface area contributed by atoms with Crippen LogP contribution in [-0.2, 0) is 13.0 Å². The van der Waals surface area contributed by atoms with E-state index in [2.05, 4.69) is 12.1 Å². The summed E-state index contributed by atoms with van der Waals surface area (Å²) in [4.78, 5) is 24.4.